The smallest absolute Gasteiger partial charge is 0.258 e. The van der Waals surface area contributed by atoms with Gasteiger partial charge in [-0.15, -0.1) is 34.5 Å². The first-order valence-electron chi connectivity index (χ1n) is 14.9. The Bertz CT molecular complexity index is 2020. The van der Waals surface area contributed by atoms with E-state index >= 15 is 0 Å². The molecule has 4 aromatic rings. The maximum absolute atomic E-state index is 14.6. The number of aromatic hydroxyl groups is 1. The number of thiophene rings is 1. The highest BCUT2D eigenvalue weighted by Gasteiger charge is 2.77. The molecule has 6 atom stereocenters. The molecule has 4 aliphatic rings. The van der Waals surface area contributed by atoms with E-state index < -0.39 is 51.1 Å². The fourth-order valence-electron chi connectivity index (χ4n) is 8.08. The molecule has 4 amide bonds. The number of hydrogen-bond acceptors (Lipinski definition) is 6. The van der Waals surface area contributed by atoms with Crippen LogP contribution < -0.4 is 4.90 Å². The monoisotopic (exact) mass is 674 g/mol. The van der Waals surface area contributed by atoms with Crippen LogP contribution in [0.4, 0.5) is 10.1 Å². The van der Waals surface area contributed by atoms with E-state index in [1.807, 2.05) is 35.7 Å². The molecule has 11 heteroatoms. The quantitative estimate of drug-likeness (QED) is 0.151. The van der Waals surface area contributed by atoms with Gasteiger partial charge in [-0.25, -0.2) is 9.29 Å². The summed E-state index contributed by atoms with van der Waals surface area (Å²) in [7, 11) is 0. The molecule has 2 aliphatic heterocycles. The minimum absolute atomic E-state index is 0.0933. The Balaban J connectivity index is 1.34. The number of carbonyl (C=O) groups is 4. The second-order valence-electron chi connectivity index (χ2n) is 12.3. The minimum atomic E-state index is -2.14. The molecule has 232 valence electrons. The summed E-state index contributed by atoms with van der Waals surface area (Å²) in [5.74, 6) is -6.39. The molecule has 2 aliphatic carbocycles. The summed E-state index contributed by atoms with van der Waals surface area (Å²) in [6, 6.07) is 19.1. The zero-order chi connectivity index (χ0) is 32.1. The third-order valence-corrected chi connectivity index (χ3v) is 12.4. The van der Waals surface area contributed by atoms with E-state index in [-0.39, 0.29) is 42.6 Å². The fourth-order valence-corrected chi connectivity index (χ4v) is 9.69. The zero-order valence-corrected chi connectivity index (χ0v) is 26.4. The standard InChI is InChI=1S/C35H25Cl2FN2O5S/c36-34-16-25-23(12-13-24-27(25)31(43)39(30(24)42)17-21-5-3-15-46-21)29(28-22-6-2-1-4-18(22)7-14-26(28)41)35(34,37)33(45)40(32(34)44)20-10-8-19(38)9-11-20/h1-12,14-15,24-25,27,29,41H,13,16-17H2/t24-,25+,27-,29+,34+,35-/m0/s1. The fraction of sp³-hybridized carbons (Fsp3) is 0.257. The van der Waals surface area contributed by atoms with E-state index in [0.717, 1.165) is 27.3 Å². The normalized spacial score (nSPS) is 30.5. The van der Waals surface area contributed by atoms with Crippen LogP contribution in [-0.4, -0.2) is 43.4 Å². The predicted molar refractivity (Wildman–Crippen MR) is 172 cm³/mol. The molecule has 1 aromatic heterocycles. The third-order valence-electron chi connectivity index (χ3n) is 10.1. The summed E-state index contributed by atoms with van der Waals surface area (Å²) in [6.45, 7) is 0.138. The number of nitrogens with zero attached hydrogens (tertiary/aromatic N) is 2. The van der Waals surface area contributed by atoms with Crippen LogP contribution in [0, 0.1) is 23.6 Å². The lowest BCUT2D eigenvalue weighted by atomic mass is 9.56. The summed E-state index contributed by atoms with van der Waals surface area (Å²) < 4.78 is 13.9. The van der Waals surface area contributed by atoms with Gasteiger partial charge in [-0.05, 0) is 71.3 Å². The Morgan fingerprint density at radius 2 is 1.65 bits per heavy atom. The van der Waals surface area contributed by atoms with E-state index in [4.69, 9.17) is 23.2 Å². The molecule has 0 unspecified atom stereocenters. The van der Waals surface area contributed by atoms with Crippen LogP contribution in [0.25, 0.3) is 10.8 Å². The Morgan fingerprint density at radius 1 is 0.891 bits per heavy atom. The second kappa shape index (κ2) is 10.2. The molecule has 7 nitrogen and oxygen atoms in total. The Hall–Kier alpha value is -4.05. The number of allylic oxidation sites excluding steroid dienone is 2. The largest absolute Gasteiger partial charge is 0.508 e. The number of imide groups is 2. The lowest BCUT2D eigenvalue weighted by Gasteiger charge is -2.51. The summed E-state index contributed by atoms with van der Waals surface area (Å²) >= 11 is 16.4. The molecular formula is C35H25Cl2FN2O5S. The van der Waals surface area contributed by atoms with Crippen molar-refractivity contribution in [3.63, 3.8) is 0 Å². The molecule has 0 radical (unpaired) electrons. The molecule has 3 aromatic carbocycles. The number of phenols is 1. The van der Waals surface area contributed by atoms with Crippen molar-refractivity contribution >= 4 is 74.6 Å². The lowest BCUT2D eigenvalue weighted by Crippen LogP contribution is -2.60. The number of alkyl halides is 2. The van der Waals surface area contributed by atoms with Gasteiger partial charge in [-0.2, -0.15) is 0 Å². The van der Waals surface area contributed by atoms with Gasteiger partial charge in [0.2, 0.25) is 11.8 Å². The number of likely N-dealkylation sites (tertiary alicyclic amines) is 1. The Morgan fingerprint density at radius 3 is 2.39 bits per heavy atom. The van der Waals surface area contributed by atoms with Crippen LogP contribution in [0.1, 0.15) is 29.2 Å². The average molecular weight is 676 g/mol. The van der Waals surface area contributed by atoms with Crippen LogP contribution in [0.5, 0.6) is 5.75 Å². The second-order valence-corrected chi connectivity index (χ2v) is 14.6. The van der Waals surface area contributed by atoms with E-state index in [1.165, 1.54) is 34.4 Å². The number of amides is 4. The van der Waals surface area contributed by atoms with Crippen molar-refractivity contribution in [2.24, 2.45) is 17.8 Å². The first kappa shape index (κ1) is 29.4. The molecular weight excluding hydrogens is 650 g/mol. The third kappa shape index (κ3) is 3.82. The van der Waals surface area contributed by atoms with Crippen LogP contribution in [0.2, 0.25) is 0 Å². The van der Waals surface area contributed by atoms with Gasteiger partial charge in [0, 0.05) is 16.4 Å². The van der Waals surface area contributed by atoms with Crippen LogP contribution in [0.3, 0.4) is 0 Å². The number of halogens is 3. The maximum Gasteiger partial charge on any atom is 0.258 e. The van der Waals surface area contributed by atoms with E-state index in [0.29, 0.717) is 16.5 Å². The highest BCUT2D eigenvalue weighted by Crippen LogP contribution is 2.67. The SMILES string of the molecule is O=C1[C@H]2[C@H](CC=C3[C@H]2C[C@@]2(Cl)C(=O)N(c4ccc(F)cc4)C(=O)[C@@]2(Cl)[C@H]3c2c(O)ccc3ccccc23)C(=O)N1Cc1cccs1. The molecule has 46 heavy (non-hydrogen) atoms. The average Bonchev–Trinajstić information content (AvgIpc) is 3.69. The molecule has 8 rings (SSSR count). The highest BCUT2D eigenvalue weighted by atomic mass is 35.5. The molecule has 1 N–H and O–H groups in total. The number of rotatable bonds is 4. The molecule has 3 heterocycles. The molecule has 2 saturated heterocycles. The van der Waals surface area contributed by atoms with Crippen LogP contribution in [-0.2, 0) is 25.7 Å². The highest BCUT2D eigenvalue weighted by molar-refractivity contribution is 7.09. The lowest BCUT2D eigenvalue weighted by molar-refractivity contribution is -0.141. The van der Waals surface area contributed by atoms with Gasteiger partial charge < -0.3 is 5.11 Å². The van der Waals surface area contributed by atoms with Gasteiger partial charge in [-0.3, -0.25) is 24.1 Å². The van der Waals surface area contributed by atoms with Crippen molar-refractivity contribution in [3.8, 4) is 5.75 Å². The van der Waals surface area contributed by atoms with Crippen molar-refractivity contribution in [3.05, 3.63) is 106 Å². The zero-order valence-electron chi connectivity index (χ0n) is 24.0. The van der Waals surface area contributed by atoms with Crippen LogP contribution >= 0.6 is 34.5 Å². The number of fused-ring (bicyclic) bond motifs is 5. The van der Waals surface area contributed by atoms with Gasteiger partial charge in [0.1, 0.15) is 11.6 Å². The number of benzene rings is 3. The summed E-state index contributed by atoms with van der Waals surface area (Å²) in [6.07, 6.45) is 1.87. The predicted octanol–water partition coefficient (Wildman–Crippen LogP) is 6.51. The van der Waals surface area contributed by atoms with Crippen molar-refractivity contribution in [2.75, 3.05) is 4.90 Å². The number of phenolic OH excluding ortho intramolecular Hbond substituents is 1. The minimum Gasteiger partial charge on any atom is -0.508 e. The summed E-state index contributed by atoms with van der Waals surface area (Å²) in [5, 5.41) is 14.7. The first-order chi connectivity index (χ1) is 22.1. The van der Waals surface area contributed by atoms with Crippen LogP contribution in [0.15, 0.2) is 89.8 Å². The van der Waals surface area contributed by atoms with E-state index in [2.05, 4.69) is 0 Å². The Labute approximate surface area is 276 Å². The number of carbonyl (C=O) groups excluding carboxylic acids is 4. The number of anilines is 1. The molecule has 0 bridgehead atoms. The van der Waals surface area contributed by atoms with Crippen molar-refractivity contribution < 1.29 is 28.7 Å². The summed E-state index contributed by atoms with van der Waals surface area (Å²) in [4.78, 5) is 55.7. The first-order valence-corrected chi connectivity index (χ1v) is 16.5. The van der Waals surface area contributed by atoms with E-state index in [9.17, 15) is 28.7 Å². The van der Waals surface area contributed by atoms with Crippen molar-refractivity contribution in [1.82, 2.24) is 4.90 Å². The molecule has 3 fully saturated rings. The van der Waals surface area contributed by atoms with Gasteiger partial charge in [0.15, 0.2) is 9.75 Å². The van der Waals surface area contributed by atoms with E-state index in [1.54, 1.807) is 18.2 Å². The van der Waals surface area contributed by atoms with Gasteiger partial charge in [-0.1, -0.05) is 48.0 Å². The van der Waals surface area contributed by atoms with Gasteiger partial charge in [0.25, 0.3) is 11.8 Å². The molecule has 0 spiro atoms. The van der Waals surface area contributed by atoms with Gasteiger partial charge in [0.05, 0.1) is 24.1 Å². The topological polar surface area (TPSA) is 95.0 Å². The van der Waals surface area contributed by atoms with Crippen molar-refractivity contribution in [1.29, 1.82) is 0 Å². The maximum atomic E-state index is 14.6. The van der Waals surface area contributed by atoms with Gasteiger partial charge >= 0.3 is 0 Å². The summed E-state index contributed by atoms with van der Waals surface area (Å²) in [5.41, 5.74) is 0.984. The number of hydrogen-bond donors (Lipinski definition) is 1. The Kier molecular flexibility index (Phi) is 6.53. The van der Waals surface area contributed by atoms with Crippen molar-refractivity contribution in [2.45, 2.75) is 35.1 Å². The molecule has 1 saturated carbocycles.